The number of ketones is 1. The topological polar surface area (TPSA) is 84.2 Å². The van der Waals surface area contributed by atoms with E-state index in [0.717, 1.165) is 5.69 Å². The molecule has 6 heteroatoms. The normalized spacial score (nSPS) is 11.8. The number of rotatable bonds is 6. The van der Waals surface area contributed by atoms with E-state index in [1.165, 1.54) is 6.92 Å². The second-order valence-corrected chi connectivity index (χ2v) is 5.05. The van der Waals surface area contributed by atoms with Gasteiger partial charge in [-0.3, -0.25) is 9.59 Å². The minimum absolute atomic E-state index is 0.0146. The first-order valence-corrected chi connectivity index (χ1v) is 7.11. The number of aromatic nitrogens is 1. The Balaban J connectivity index is 2.06. The third kappa shape index (κ3) is 3.94. The van der Waals surface area contributed by atoms with Crippen LogP contribution in [0.2, 0.25) is 0 Å². The molecule has 0 aliphatic heterocycles. The third-order valence-corrected chi connectivity index (χ3v) is 3.21. The number of amides is 1. The van der Waals surface area contributed by atoms with Crippen LogP contribution >= 0.6 is 0 Å². The van der Waals surface area contributed by atoms with Crippen LogP contribution in [0.4, 0.5) is 11.5 Å². The molecule has 0 fully saturated rings. The predicted octanol–water partition coefficient (Wildman–Crippen LogP) is 3.01. The van der Waals surface area contributed by atoms with Gasteiger partial charge in [-0.05, 0) is 32.4 Å². The van der Waals surface area contributed by atoms with Gasteiger partial charge in [0.05, 0.1) is 0 Å². The molecule has 2 N–H and O–H groups in total. The molecule has 2 rings (SSSR count). The molecule has 22 heavy (non-hydrogen) atoms. The van der Waals surface area contributed by atoms with Gasteiger partial charge in [0, 0.05) is 17.3 Å². The van der Waals surface area contributed by atoms with Crippen LogP contribution in [0, 0.1) is 6.92 Å². The van der Waals surface area contributed by atoms with Crippen LogP contribution in [0.15, 0.2) is 34.9 Å². The molecule has 1 aromatic carbocycles. The first-order valence-electron chi connectivity index (χ1n) is 7.11. The number of anilines is 2. The smallest absolute Gasteiger partial charge is 0.248 e. The minimum atomic E-state index is -0.431. The van der Waals surface area contributed by atoms with Gasteiger partial charge < -0.3 is 15.2 Å². The Hall–Kier alpha value is -2.63. The molecule has 116 valence electrons. The van der Waals surface area contributed by atoms with Crippen LogP contribution in [0.25, 0.3) is 0 Å². The van der Waals surface area contributed by atoms with E-state index in [9.17, 15) is 9.59 Å². The molecule has 0 bridgehead atoms. The van der Waals surface area contributed by atoms with E-state index in [-0.39, 0.29) is 11.7 Å². The summed E-state index contributed by atoms with van der Waals surface area (Å²) in [6, 6.07) is 8.30. The summed E-state index contributed by atoms with van der Waals surface area (Å²) < 4.78 is 4.92. The molecule has 0 radical (unpaired) electrons. The fourth-order valence-corrected chi connectivity index (χ4v) is 2.02. The molecular formula is C16H19N3O3. The summed E-state index contributed by atoms with van der Waals surface area (Å²) in [5.41, 5.74) is 1.33. The molecule has 6 nitrogen and oxygen atoms in total. The van der Waals surface area contributed by atoms with Crippen molar-refractivity contribution < 1.29 is 14.1 Å². The number of aryl methyl sites for hydroxylation is 1. The second-order valence-electron chi connectivity index (χ2n) is 5.05. The Morgan fingerprint density at radius 1 is 1.32 bits per heavy atom. The van der Waals surface area contributed by atoms with Crippen molar-refractivity contribution in [1.29, 1.82) is 0 Å². The molecule has 0 saturated heterocycles. The second kappa shape index (κ2) is 6.89. The van der Waals surface area contributed by atoms with Gasteiger partial charge in [-0.1, -0.05) is 24.2 Å². The fraction of sp³-hybridized carbons (Fsp3) is 0.312. The fourth-order valence-electron chi connectivity index (χ4n) is 2.02. The maximum absolute atomic E-state index is 12.3. The van der Waals surface area contributed by atoms with Crippen molar-refractivity contribution in [2.75, 3.05) is 10.6 Å². The predicted molar refractivity (Wildman–Crippen MR) is 84.0 cm³/mol. The molecule has 1 amide bonds. The van der Waals surface area contributed by atoms with E-state index in [1.807, 2.05) is 13.0 Å². The van der Waals surface area contributed by atoms with Crippen LogP contribution in [0.3, 0.4) is 0 Å². The van der Waals surface area contributed by atoms with Crippen molar-refractivity contribution >= 4 is 23.2 Å². The third-order valence-electron chi connectivity index (χ3n) is 3.21. The molecule has 0 aliphatic carbocycles. The number of hydrogen-bond donors (Lipinski definition) is 2. The van der Waals surface area contributed by atoms with E-state index < -0.39 is 6.04 Å². The largest absolute Gasteiger partial charge is 0.374 e. The number of benzene rings is 1. The van der Waals surface area contributed by atoms with Crippen molar-refractivity contribution in [3.05, 3.63) is 41.7 Å². The molecule has 1 unspecified atom stereocenters. The quantitative estimate of drug-likeness (QED) is 0.801. The minimum Gasteiger partial charge on any atom is -0.374 e. The maximum Gasteiger partial charge on any atom is 0.248 e. The van der Waals surface area contributed by atoms with Crippen molar-refractivity contribution in [2.24, 2.45) is 0 Å². The Morgan fingerprint density at radius 2 is 2.09 bits per heavy atom. The summed E-state index contributed by atoms with van der Waals surface area (Å²) in [5, 5.41) is 9.56. The lowest BCUT2D eigenvalue weighted by molar-refractivity contribution is -0.117. The standard InChI is InChI=1S/C16H19N3O3/c1-4-14(16(21)18-15-8-10(2)22-19-15)17-13-7-5-6-12(9-13)11(3)20/h5-9,14,17H,4H2,1-3H3,(H,18,19,21). The molecular weight excluding hydrogens is 282 g/mol. The van der Waals surface area contributed by atoms with Gasteiger partial charge in [-0.2, -0.15) is 0 Å². The lowest BCUT2D eigenvalue weighted by atomic mass is 10.1. The zero-order chi connectivity index (χ0) is 16.1. The summed E-state index contributed by atoms with van der Waals surface area (Å²) in [6.45, 7) is 5.17. The summed E-state index contributed by atoms with van der Waals surface area (Å²) in [6.07, 6.45) is 0.590. The van der Waals surface area contributed by atoms with Gasteiger partial charge >= 0.3 is 0 Å². The van der Waals surface area contributed by atoms with Crippen LogP contribution in [-0.4, -0.2) is 22.9 Å². The number of carbonyl (C=O) groups excluding carboxylic acids is 2. The highest BCUT2D eigenvalue weighted by Gasteiger charge is 2.18. The summed E-state index contributed by atoms with van der Waals surface area (Å²) in [4.78, 5) is 23.7. The Bertz CT molecular complexity index is 679. The van der Waals surface area contributed by atoms with Gasteiger partial charge in [0.25, 0.3) is 0 Å². The first-order chi connectivity index (χ1) is 10.5. The monoisotopic (exact) mass is 301 g/mol. The van der Waals surface area contributed by atoms with Crippen LogP contribution < -0.4 is 10.6 Å². The highest BCUT2D eigenvalue weighted by atomic mass is 16.5. The van der Waals surface area contributed by atoms with E-state index in [2.05, 4.69) is 15.8 Å². The summed E-state index contributed by atoms with van der Waals surface area (Å²) in [5.74, 6) is 0.800. The van der Waals surface area contributed by atoms with Gasteiger partial charge in [-0.15, -0.1) is 0 Å². The van der Waals surface area contributed by atoms with Crippen LogP contribution in [-0.2, 0) is 4.79 Å². The molecule has 0 saturated carbocycles. The highest BCUT2D eigenvalue weighted by molar-refractivity contribution is 5.97. The zero-order valence-electron chi connectivity index (χ0n) is 12.8. The molecule has 0 aliphatic rings. The first kappa shape index (κ1) is 15.8. The SMILES string of the molecule is CCC(Nc1cccc(C(C)=O)c1)C(=O)Nc1cc(C)on1. The Kier molecular flexibility index (Phi) is 4.93. The summed E-state index contributed by atoms with van der Waals surface area (Å²) >= 11 is 0. The molecule has 1 heterocycles. The molecule has 1 aromatic heterocycles. The molecule has 2 aromatic rings. The van der Waals surface area contributed by atoms with E-state index >= 15 is 0 Å². The van der Waals surface area contributed by atoms with Crippen molar-refractivity contribution in [2.45, 2.75) is 33.2 Å². The van der Waals surface area contributed by atoms with E-state index in [4.69, 9.17) is 4.52 Å². The van der Waals surface area contributed by atoms with Crippen LogP contribution in [0.1, 0.15) is 36.4 Å². The number of nitrogens with one attached hydrogen (secondary N) is 2. The lowest BCUT2D eigenvalue weighted by Crippen LogP contribution is -2.34. The van der Waals surface area contributed by atoms with Crippen LogP contribution in [0.5, 0.6) is 0 Å². The number of Topliss-reactive ketones (excluding diaryl/α,β-unsaturated/α-hetero) is 1. The number of carbonyl (C=O) groups is 2. The molecule has 1 atom stereocenters. The summed E-state index contributed by atoms with van der Waals surface area (Å²) in [7, 11) is 0. The Labute approximate surface area is 128 Å². The van der Waals surface area contributed by atoms with Crippen molar-refractivity contribution in [1.82, 2.24) is 5.16 Å². The van der Waals surface area contributed by atoms with Crippen molar-refractivity contribution in [3.8, 4) is 0 Å². The Morgan fingerprint density at radius 3 is 2.68 bits per heavy atom. The number of nitrogens with zero attached hydrogens (tertiary/aromatic N) is 1. The average Bonchev–Trinajstić information content (AvgIpc) is 2.90. The van der Waals surface area contributed by atoms with Gasteiger partial charge in [0.1, 0.15) is 11.8 Å². The van der Waals surface area contributed by atoms with Crippen molar-refractivity contribution in [3.63, 3.8) is 0 Å². The highest BCUT2D eigenvalue weighted by Crippen LogP contribution is 2.15. The van der Waals surface area contributed by atoms with Gasteiger partial charge in [0.15, 0.2) is 11.6 Å². The zero-order valence-corrected chi connectivity index (χ0v) is 12.8. The molecule has 0 spiro atoms. The number of hydrogen-bond acceptors (Lipinski definition) is 5. The van der Waals surface area contributed by atoms with Gasteiger partial charge in [-0.25, -0.2) is 0 Å². The lowest BCUT2D eigenvalue weighted by Gasteiger charge is -2.17. The average molecular weight is 301 g/mol. The van der Waals surface area contributed by atoms with E-state index in [0.29, 0.717) is 23.6 Å². The maximum atomic E-state index is 12.3. The van der Waals surface area contributed by atoms with Gasteiger partial charge in [0.2, 0.25) is 5.91 Å². The van der Waals surface area contributed by atoms with E-state index in [1.54, 1.807) is 31.2 Å².